The molecule has 106 valence electrons. The van der Waals surface area contributed by atoms with Crippen LogP contribution in [0.4, 0.5) is 0 Å². The van der Waals surface area contributed by atoms with Crippen molar-refractivity contribution in [1.82, 2.24) is 10.3 Å². The van der Waals surface area contributed by atoms with E-state index in [2.05, 4.69) is 17.2 Å². The number of carbonyl (C=O) groups excluding carboxylic acids is 1. The van der Waals surface area contributed by atoms with Gasteiger partial charge in [-0.15, -0.1) is 11.3 Å². The second-order valence-corrected chi connectivity index (χ2v) is 6.30. The predicted octanol–water partition coefficient (Wildman–Crippen LogP) is 3.71. The second kappa shape index (κ2) is 5.79. The van der Waals surface area contributed by atoms with E-state index in [4.69, 9.17) is 4.42 Å². The summed E-state index contributed by atoms with van der Waals surface area (Å²) >= 11 is 1.55. The largest absolute Gasteiger partial charge is 0.442 e. The molecular weight excluding hydrogens is 272 g/mol. The number of oxazole rings is 1. The number of rotatable bonds is 3. The van der Waals surface area contributed by atoms with Gasteiger partial charge in [0.15, 0.2) is 17.8 Å². The van der Waals surface area contributed by atoms with E-state index < -0.39 is 0 Å². The van der Waals surface area contributed by atoms with Crippen LogP contribution in [0.2, 0.25) is 0 Å². The van der Waals surface area contributed by atoms with Crippen molar-refractivity contribution >= 4 is 17.2 Å². The molecule has 1 amide bonds. The highest BCUT2D eigenvalue weighted by Gasteiger charge is 2.26. The fourth-order valence-corrected chi connectivity index (χ4v) is 3.47. The summed E-state index contributed by atoms with van der Waals surface area (Å²) in [7, 11) is 0. The van der Waals surface area contributed by atoms with Gasteiger partial charge in [-0.1, -0.05) is 25.8 Å². The van der Waals surface area contributed by atoms with E-state index in [9.17, 15) is 4.79 Å². The van der Waals surface area contributed by atoms with Gasteiger partial charge in [-0.2, -0.15) is 0 Å². The number of nitrogens with zero attached hydrogens (tertiary/aromatic N) is 1. The number of aromatic nitrogens is 1. The Bertz CT molecular complexity index is 576. The quantitative estimate of drug-likeness (QED) is 0.937. The van der Waals surface area contributed by atoms with Crippen molar-refractivity contribution in [3.05, 3.63) is 29.6 Å². The number of amides is 1. The fraction of sp³-hybridized carbons (Fsp3) is 0.467. The van der Waals surface area contributed by atoms with E-state index in [1.165, 1.54) is 25.7 Å². The van der Waals surface area contributed by atoms with E-state index in [0.717, 1.165) is 11.3 Å². The molecule has 0 spiro atoms. The zero-order chi connectivity index (χ0) is 13.9. The monoisotopic (exact) mass is 290 g/mol. The number of hydrogen-bond donors (Lipinski definition) is 1. The van der Waals surface area contributed by atoms with Gasteiger partial charge in [0.2, 0.25) is 0 Å². The Morgan fingerprint density at radius 3 is 3.05 bits per heavy atom. The molecule has 5 heteroatoms. The summed E-state index contributed by atoms with van der Waals surface area (Å²) in [6, 6.07) is 4.13. The average Bonchev–Trinajstić information content (AvgIpc) is 3.11. The van der Waals surface area contributed by atoms with Crippen molar-refractivity contribution < 1.29 is 9.21 Å². The third-order valence-corrected chi connectivity index (χ3v) is 4.82. The molecule has 2 unspecified atom stereocenters. The van der Waals surface area contributed by atoms with Gasteiger partial charge in [0.1, 0.15) is 0 Å². The topological polar surface area (TPSA) is 55.1 Å². The van der Waals surface area contributed by atoms with Gasteiger partial charge < -0.3 is 9.73 Å². The van der Waals surface area contributed by atoms with Crippen LogP contribution in [-0.4, -0.2) is 16.9 Å². The molecule has 2 heterocycles. The lowest BCUT2D eigenvalue weighted by atomic mass is 9.86. The maximum absolute atomic E-state index is 12.4. The molecule has 0 aromatic carbocycles. The van der Waals surface area contributed by atoms with Crippen LogP contribution >= 0.6 is 11.3 Å². The lowest BCUT2D eigenvalue weighted by molar-refractivity contribution is 0.0906. The first-order chi connectivity index (χ1) is 9.75. The van der Waals surface area contributed by atoms with Crippen molar-refractivity contribution in [3.8, 4) is 10.6 Å². The van der Waals surface area contributed by atoms with Crippen molar-refractivity contribution in [3.63, 3.8) is 0 Å². The molecule has 0 aliphatic heterocycles. The molecule has 1 saturated carbocycles. The number of hydrogen-bond acceptors (Lipinski definition) is 4. The second-order valence-electron chi connectivity index (χ2n) is 5.35. The zero-order valence-electron chi connectivity index (χ0n) is 11.5. The maximum atomic E-state index is 12.4. The summed E-state index contributed by atoms with van der Waals surface area (Å²) in [5.74, 6) is 0.978. The summed E-state index contributed by atoms with van der Waals surface area (Å²) in [6.45, 7) is 2.20. The predicted molar refractivity (Wildman–Crippen MR) is 78.7 cm³/mol. The van der Waals surface area contributed by atoms with Crippen molar-refractivity contribution in [2.24, 2.45) is 5.92 Å². The molecule has 3 rings (SSSR count). The van der Waals surface area contributed by atoms with Gasteiger partial charge >= 0.3 is 0 Å². The molecule has 2 aromatic heterocycles. The molecule has 1 aliphatic carbocycles. The summed E-state index contributed by atoms with van der Waals surface area (Å²) < 4.78 is 5.38. The highest BCUT2D eigenvalue weighted by molar-refractivity contribution is 7.13. The molecule has 20 heavy (non-hydrogen) atoms. The molecule has 2 atom stereocenters. The normalized spacial score (nSPS) is 22.6. The van der Waals surface area contributed by atoms with E-state index in [1.807, 2.05) is 17.5 Å². The van der Waals surface area contributed by atoms with Gasteiger partial charge in [0.25, 0.3) is 5.91 Å². The third kappa shape index (κ3) is 2.63. The number of thiophene rings is 1. The van der Waals surface area contributed by atoms with Crippen LogP contribution in [0.1, 0.15) is 43.1 Å². The van der Waals surface area contributed by atoms with Crippen LogP contribution in [0.15, 0.2) is 28.3 Å². The molecule has 0 radical (unpaired) electrons. The van der Waals surface area contributed by atoms with Crippen molar-refractivity contribution in [1.29, 1.82) is 0 Å². The Labute approximate surface area is 122 Å². The minimum atomic E-state index is -0.124. The van der Waals surface area contributed by atoms with Crippen LogP contribution in [0, 0.1) is 5.92 Å². The van der Waals surface area contributed by atoms with E-state index in [1.54, 1.807) is 11.3 Å². The lowest BCUT2D eigenvalue weighted by Crippen LogP contribution is -2.41. The number of nitrogens with one attached hydrogen (secondary N) is 1. The average molecular weight is 290 g/mol. The maximum Gasteiger partial charge on any atom is 0.274 e. The van der Waals surface area contributed by atoms with Gasteiger partial charge in [0.05, 0.1) is 4.88 Å². The van der Waals surface area contributed by atoms with Gasteiger partial charge in [-0.05, 0) is 30.2 Å². The number of carbonyl (C=O) groups is 1. The molecule has 0 saturated heterocycles. The summed E-state index contributed by atoms with van der Waals surface area (Å²) in [5, 5.41) is 5.08. The zero-order valence-corrected chi connectivity index (χ0v) is 12.3. The summed E-state index contributed by atoms with van der Waals surface area (Å²) in [4.78, 5) is 17.4. The van der Waals surface area contributed by atoms with E-state index in [-0.39, 0.29) is 11.9 Å². The first kappa shape index (κ1) is 13.4. The van der Waals surface area contributed by atoms with Gasteiger partial charge in [-0.25, -0.2) is 4.98 Å². The van der Waals surface area contributed by atoms with Crippen LogP contribution in [-0.2, 0) is 0 Å². The van der Waals surface area contributed by atoms with Crippen molar-refractivity contribution in [2.45, 2.75) is 38.6 Å². The summed E-state index contributed by atoms with van der Waals surface area (Å²) in [5.41, 5.74) is 0.394. The molecule has 2 aromatic rings. The molecule has 4 nitrogen and oxygen atoms in total. The van der Waals surface area contributed by atoms with E-state index >= 15 is 0 Å². The Balaban J connectivity index is 1.76. The Morgan fingerprint density at radius 2 is 2.30 bits per heavy atom. The Kier molecular flexibility index (Phi) is 3.87. The standard InChI is InChI=1S/C15H18N2O2S/c1-10-5-2-3-6-11(10)17-15(18)13-14(19-9-16-13)12-7-4-8-20-12/h4,7-11H,2-3,5-6H2,1H3,(H,17,18). The van der Waals surface area contributed by atoms with Crippen LogP contribution in [0.3, 0.4) is 0 Å². The fourth-order valence-electron chi connectivity index (χ4n) is 2.76. The first-order valence-corrected chi connectivity index (χ1v) is 7.92. The minimum Gasteiger partial charge on any atom is -0.442 e. The molecule has 0 bridgehead atoms. The Morgan fingerprint density at radius 1 is 1.45 bits per heavy atom. The third-order valence-electron chi connectivity index (χ3n) is 3.96. The summed E-state index contributed by atoms with van der Waals surface area (Å²) in [6.07, 6.45) is 6.03. The van der Waals surface area contributed by atoms with Crippen LogP contribution in [0.5, 0.6) is 0 Å². The van der Waals surface area contributed by atoms with Crippen molar-refractivity contribution in [2.75, 3.05) is 0 Å². The van der Waals surface area contributed by atoms with Crippen LogP contribution in [0.25, 0.3) is 10.6 Å². The highest BCUT2D eigenvalue weighted by Crippen LogP contribution is 2.28. The molecule has 1 N–H and O–H groups in total. The highest BCUT2D eigenvalue weighted by atomic mass is 32.1. The Hall–Kier alpha value is -1.62. The SMILES string of the molecule is CC1CCCCC1NC(=O)c1ncoc1-c1cccs1. The molecule has 1 fully saturated rings. The molecule has 1 aliphatic rings. The minimum absolute atomic E-state index is 0.124. The molecular formula is C15H18N2O2S. The first-order valence-electron chi connectivity index (χ1n) is 7.04. The van der Waals surface area contributed by atoms with Gasteiger partial charge in [-0.3, -0.25) is 4.79 Å². The van der Waals surface area contributed by atoms with Gasteiger partial charge in [0, 0.05) is 6.04 Å². The van der Waals surface area contributed by atoms with Crippen LogP contribution < -0.4 is 5.32 Å². The van der Waals surface area contributed by atoms with E-state index in [0.29, 0.717) is 17.4 Å². The smallest absolute Gasteiger partial charge is 0.274 e. The lowest BCUT2D eigenvalue weighted by Gasteiger charge is -2.29.